The maximum absolute atomic E-state index is 6.57. The van der Waals surface area contributed by atoms with Crippen LogP contribution < -0.4 is 16.4 Å². The molecule has 0 spiro atoms. The fourth-order valence-electron chi connectivity index (χ4n) is 3.12. The number of hydrogen-bond acceptors (Lipinski definition) is 5. The van der Waals surface area contributed by atoms with Gasteiger partial charge >= 0.3 is 0 Å². The maximum atomic E-state index is 6.57. The topological polar surface area (TPSA) is 91.7 Å². The van der Waals surface area contributed by atoms with E-state index in [9.17, 15) is 0 Å². The van der Waals surface area contributed by atoms with E-state index in [0.717, 1.165) is 40.2 Å². The number of H-pyrrole nitrogens is 1. The molecule has 4 rings (SSSR count). The first-order chi connectivity index (χ1) is 12.0. The van der Waals surface area contributed by atoms with Crippen LogP contribution in [0, 0.1) is 6.92 Å². The summed E-state index contributed by atoms with van der Waals surface area (Å²) < 4.78 is 0. The lowest BCUT2D eigenvalue weighted by Crippen LogP contribution is -1.95. The lowest BCUT2D eigenvalue weighted by molar-refractivity contribution is 1.10. The number of nitrogens with two attached hydrogens (primary N) is 1. The first-order valence-corrected chi connectivity index (χ1v) is 8.20. The molecule has 1 aromatic heterocycles. The van der Waals surface area contributed by atoms with Crippen LogP contribution in [-0.2, 0) is 6.42 Å². The Morgan fingerprint density at radius 1 is 1.28 bits per heavy atom. The highest BCUT2D eigenvalue weighted by atomic mass is 35.5. The number of fused-ring (bicyclic) bond motifs is 1. The summed E-state index contributed by atoms with van der Waals surface area (Å²) in [4.78, 5) is 4.03. The maximum Gasteiger partial charge on any atom is 0.241 e. The first-order valence-electron chi connectivity index (χ1n) is 7.83. The van der Waals surface area contributed by atoms with Gasteiger partial charge in [-0.3, -0.25) is 0 Å². The SMILES string of the molecule is C=C1Cc2ccc(-c3c(C)cc(Nc4nc(N)n[nH]4)cc3Cl)cc2N1. The molecule has 0 radical (unpaired) electrons. The number of halogens is 1. The minimum absolute atomic E-state index is 0.189. The van der Waals surface area contributed by atoms with Crippen molar-refractivity contribution in [2.45, 2.75) is 13.3 Å². The van der Waals surface area contributed by atoms with Crippen LogP contribution in [0.1, 0.15) is 11.1 Å². The number of allylic oxidation sites excluding steroid dienone is 1. The summed E-state index contributed by atoms with van der Waals surface area (Å²) in [7, 11) is 0. The summed E-state index contributed by atoms with van der Waals surface area (Å²) in [5, 5.41) is 13.6. The summed E-state index contributed by atoms with van der Waals surface area (Å²) in [6, 6.07) is 10.2. The van der Waals surface area contributed by atoms with Crippen molar-refractivity contribution in [2.24, 2.45) is 0 Å². The molecule has 126 valence electrons. The Labute approximate surface area is 150 Å². The summed E-state index contributed by atoms with van der Waals surface area (Å²) in [6.45, 7) is 6.02. The Bertz CT molecular complexity index is 968. The number of aromatic nitrogens is 3. The lowest BCUT2D eigenvalue weighted by atomic mass is 9.98. The highest BCUT2D eigenvalue weighted by molar-refractivity contribution is 6.33. The van der Waals surface area contributed by atoms with Gasteiger partial charge in [-0.15, -0.1) is 5.10 Å². The van der Waals surface area contributed by atoms with Crippen LogP contribution in [0.25, 0.3) is 11.1 Å². The molecule has 3 aromatic rings. The highest BCUT2D eigenvalue weighted by Crippen LogP contribution is 2.38. The molecule has 1 aliphatic rings. The molecule has 7 heteroatoms. The van der Waals surface area contributed by atoms with Gasteiger partial charge in [-0.2, -0.15) is 4.98 Å². The molecule has 6 nitrogen and oxygen atoms in total. The Morgan fingerprint density at radius 3 is 2.84 bits per heavy atom. The van der Waals surface area contributed by atoms with Crippen molar-refractivity contribution in [3.63, 3.8) is 0 Å². The second-order valence-corrected chi connectivity index (χ2v) is 6.50. The Kier molecular flexibility index (Phi) is 3.62. The zero-order chi connectivity index (χ0) is 17.6. The van der Waals surface area contributed by atoms with Gasteiger partial charge < -0.3 is 16.4 Å². The molecule has 0 fully saturated rings. The van der Waals surface area contributed by atoms with E-state index < -0.39 is 0 Å². The summed E-state index contributed by atoms with van der Waals surface area (Å²) in [6.07, 6.45) is 0.867. The van der Waals surface area contributed by atoms with Crippen molar-refractivity contribution >= 4 is 34.9 Å². The van der Waals surface area contributed by atoms with Crippen LogP contribution >= 0.6 is 11.6 Å². The van der Waals surface area contributed by atoms with Crippen LogP contribution in [0.5, 0.6) is 0 Å². The summed E-state index contributed by atoms with van der Waals surface area (Å²) in [5.41, 5.74) is 12.8. The average Bonchev–Trinajstić information content (AvgIpc) is 3.10. The largest absolute Gasteiger partial charge is 0.366 e. The normalized spacial score (nSPS) is 12.8. The predicted molar refractivity (Wildman–Crippen MR) is 102 cm³/mol. The second-order valence-electron chi connectivity index (χ2n) is 6.09. The van der Waals surface area contributed by atoms with Gasteiger partial charge in [0.2, 0.25) is 11.9 Å². The molecule has 0 aliphatic carbocycles. The third kappa shape index (κ3) is 2.92. The van der Waals surface area contributed by atoms with E-state index in [4.69, 9.17) is 17.3 Å². The molecule has 0 bridgehead atoms. The van der Waals surface area contributed by atoms with Gasteiger partial charge in [0.1, 0.15) is 0 Å². The molecule has 2 heterocycles. The minimum atomic E-state index is 0.189. The van der Waals surface area contributed by atoms with Crippen molar-refractivity contribution in [1.29, 1.82) is 0 Å². The van der Waals surface area contributed by atoms with Crippen LogP contribution in [0.3, 0.4) is 0 Å². The fourth-order valence-corrected chi connectivity index (χ4v) is 3.49. The van der Waals surface area contributed by atoms with E-state index in [1.54, 1.807) is 0 Å². The Hall–Kier alpha value is -2.99. The van der Waals surface area contributed by atoms with Crippen LogP contribution in [-0.4, -0.2) is 15.2 Å². The minimum Gasteiger partial charge on any atom is -0.366 e. The van der Waals surface area contributed by atoms with Gasteiger partial charge in [0.25, 0.3) is 0 Å². The third-order valence-electron chi connectivity index (χ3n) is 4.17. The number of anilines is 4. The molecule has 2 aromatic carbocycles. The summed E-state index contributed by atoms with van der Waals surface area (Å²) in [5.74, 6) is 0.662. The Morgan fingerprint density at radius 2 is 2.12 bits per heavy atom. The van der Waals surface area contributed by atoms with Gasteiger partial charge in [-0.1, -0.05) is 30.3 Å². The number of nitrogens with zero attached hydrogens (tertiary/aromatic N) is 2. The molecule has 5 N–H and O–H groups in total. The quantitative estimate of drug-likeness (QED) is 0.566. The number of hydrogen-bond donors (Lipinski definition) is 4. The van der Waals surface area contributed by atoms with E-state index in [1.165, 1.54) is 5.56 Å². The molecular weight excluding hydrogens is 336 g/mol. The van der Waals surface area contributed by atoms with Crippen LogP contribution in [0.4, 0.5) is 23.3 Å². The zero-order valence-corrected chi connectivity index (χ0v) is 14.4. The molecule has 0 saturated heterocycles. The van der Waals surface area contributed by atoms with Crippen molar-refractivity contribution < 1.29 is 0 Å². The number of aromatic amines is 1. The zero-order valence-electron chi connectivity index (χ0n) is 13.7. The second kappa shape index (κ2) is 5.82. The van der Waals surface area contributed by atoms with Crippen LogP contribution in [0.2, 0.25) is 5.02 Å². The molecule has 0 atom stereocenters. The molecule has 25 heavy (non-hydrogen) atoms. The number of nitrogens with one attached hydrogen (secondary N) is 3. The van der Waals surface area contributed by atoms with Gasteiger partial charge in [-0.05, 0) is 41.8 Å². The Balaban J connectivity index is 1.69. The van der Waals surface area contributed by atoms with E-state index in [-0.39, 0.29) is 5.95 Å². The monoisotopic (exact) mass is 352 g/mol. The van der Waals surface area contributed by atoms with E-state index >= 15 is 0 Å². The van der Waals surface area contributed by atoms with E-state index in [1.807, 2.05) is 19.1 Å². The molecule has 0 unspecified atom stereocenters. The number of aryl methyl sites for hydroxylation is 1. The van der Waals surface area contributed by atoms with Crippen molar-refractivity contribution in [2.75, 3.05) is 16.4 Å². The van der Waals surface area contributed by atoms with E-state index in [0.29, 0.717) is 11.0 Å². The molecule has 0 amide bonds. The van der Waals surface area contributed by atoms with Crippen molar-refractivity contribution in [1.82, 2.24) is 15.2 Å². The van der Waals surface area contributed by atoms with Crippen molar-refractivity contribution in [3.05, 3.63) is 58.8 Å². The van der Waals surface area contributed by atoms with Gasteiger partial charge in [0, 0.05) is 29.1 Å². The average molecular weight is 353 g/mol. The predicted octanol–water partition coefficient (Wildman–Crippen LogP) is 4.24. The lowest BCUT2D eigenvalue weighted by Gasteiger charge is -2.13. The summed E-state index contributed by atoms with van der Waals surface area (Å²) >= 11 is 6.57. The molecular formula is C18H17ClN6. The standard InChI is InChI=1S/C18H17ClN6/c1-9-5-13(22-18-23-17(20)24-25-18)8-14(19)16(9)12-4-3-11-6-10(2)21-15(11)7-12/h3-5,7-8,21H,2,6H2,1H3,(H4,20,22,23,24,25). The highest BCUT2D eigenvalue weighted by Gasteiger charge is 2.16. The van der Waals surface area contributed by atoms with Gasteiger partial charge in [0.05, 0.1) is 5.02 Å². The number of nitrogen functional groups attached to an aromatic ring is 1. The van der Waals surface area contributed by atoms with E-state index in [2.05, 4.69) is 50.6 Å². The van der Waals surface area contributed by atoms with Crippen LogP contribution in [0.15, 0.2) is 42.6 Å². The molecule has 1 aliphatic heterocycles. The molecule has 0 saturated carbocycles. The van der Waals surface area contributed by atoms with Gasteiger partial charge in [0.15, 0.2) is 0 Å². The van der Waals surface area contributed by atoms with Gasteiger partial charge in [-0.25, -0.2) is 5.10 Å². The number of benzene rings is 2. The third-order valence-corrected chi connectivity index (χ3v) is 4.46. The smallest absolute Gasteiger partial charge is 0.241 e. The fraction of sp³-hybridized carbons (Fsp3) is 0.111. The number of rotatable bonds is 3. The van der Waals surface area contributed by atoms with Crippen molar-refractivity contribution in [3.8, 4) is 11.1 Å². The first kappa shape index (κ1) is 15.5.